The zero-order valence-electron chi connectivity index (χ0n) is 11.4. The van der Waals surface area contributed by atoms with Crippen molar-refractivity contribution >= 4 is 34.0 Å². The average molecular weight is 283 g/mol. The molecule has 0 spiro atoms. The molecule has 3 rings (SSSR count). The van der Waals surface area contributed by atoms with Gasteiger partial charge in [0.25, 0.3) is 0 Å². The normalized spacial score (nSPS) is 10.8. The quantitative estimate of drug-likeness (QED) is 0.694. The summed E-state index contributed by atoms with van der Waals surface area (Å²) in [7, 11) is 0. The molecule has 20 heavy (non-hydrogen) atoms. The molecule has 100 valence electrons. The van der Waals surface area contributed by atoms with E-state index in [0.717, 1.165) is 28.0 Å². The van der Waals surface area contributed by atoms with E-state index in [1.165, 1.54) is 5.56 Å². The van der Waals surface area contributed by atoms with Gasteiger partial charge in [0, 0.05) is 17.1 Å². The minimum Gasteiger partial charge on any atom is -0.340 e. The van der Waals surface area contributed by atoms with Crippen LogP contribution >= 0.6 is 11.6 Å². The van der Waals surface area contributed by atoms with Crippen molar-refractivity contribution in [1.82, 2.24) is 4.98 Å². The van der Waals surface area contributed by atoms with Crippen molar-refractivity contribution in [1.29, 1.82) is 0 Å². The van der Waals surface area contributed by atoms with Crippen LogP contribution in [0.5, 0.6) is 0 Å². The molecule has 0 unspecified atom stereocenters. The maximum atomic E-state index is 6.35. The third kappa shape index (κ3) is 2.47. The van der Waals surface area contributed by atoms with Gasteiger partial charge in [0.15, 0.2) is 0 Å². The Morgan fingerprint density at radius 1 is 1.00 bits per heavy atom. The summed E-state index contributed by atoms with van der Waals surface area (Å²) in [5.41, 5.74) is 4.30. The van der Waals surface area contributed by atoms with Gasteiger partial charge in [-0.2, -0.15) is 0 Å². The summed E-state index contributed by atoms with van der Waals surface area (Å²) in [5, 5.41) is 5.00. The van der Waals surface area contributed by atoms with E-state index in [2.05, 4.69) is 29.4 Å². The predicted octanol–water partition coefficient (Wildman–Crippen LogP) is 5.25. The van der Waals surface area contributed by atoms with E-state index in [4.69, 9.17) is 11.6 Å². The van der Waals surface area contributed by atoms with Gasteiger partial charge in [0.1, 0.15) is 5.82 Å². The van der Waals surface area contributed by atoms with E-state index in [1.807, 2.05) is 43.3 Å². The lowest BCUT2D eigenvalue weighted by molar-refractivity contribution is 1.34. The number of anilines is 2. The summed E-state index contributed by atoms with van der Waals surface area (Å²) >= 11 is 6.35. The van der Waals surface area contributed by atoms with Crippen LogP contribution in [-0.4, -0.2) is 4.98 Å². The summed E-state index contributed by atoms with van der Waals surface area (Å²) in [6, 6.07) is 16.1. The van der Waals surface area contributed by atoms with E-state index in [-0.39, 0.29) is 0 Å². The smallest absolute Gasteiger partial charge is 0.132 e. The van der Waals surface area contributed by atoms with Gasteiger partial charge >= 0.3 is 0 Å². The highest BCUT2D eigenvalue weighted by atomic mass is 35.5. The molecule has 0 aliphatic heterocycles. The first-order valence-electron chi connectivity index (χ1n) is 6.53. The van der Waals surface area contributed by atoms with Crippen LogP contribution in [0.2, 0.25) is 5.02 Å². The second-order valence-electron chi connectivity index (χ2n) is 4.95. The molecule has 3 aromatic rings. The zero-order valence-corrected chi connectivity index (χ0v) is 12.2. The topological polar surface area (TPSA) is 24.9 Å². The maximum Gasteiger partial charge on any atom is 0.132 e. The van der Waals surface area contributed by atoms with Crippen LogP contribution in [-0.2, 0) is 0 Å². The molecule has 0 fully saturated rings. The number of pyridine rings is 1. The van der Waals surface area contributed by atoms with E-state index < -0.39 is 0 Å². The Bertz CT molecular complexity index is 764. The fourth-order valence-corrected chi connectivity index (χ4v) is 2.46. The number of nitrogens with one attached hydrogen (secondary N) is 1. The number of nitrogens with zero attached hydrogens (tertiary/aromatic N) is 1. The second kappa shape index (κ2) is 5.14. The molecule has 0 saturated heterocycles. The molecule has 0 bridgehead atoms. The largest absolute Gasteiger partial charge is 0.340 e. The van der Waals surface area contributed by atoms with Crippen LogP contribution < -0.4 is 5.32 Å². The third-order valence-electron chi connectivity index (χ3n) is 3.31. The minimum atomic E-state index is 0.716. The first-order chi connectivity index (χ1) is 9.63. The van der Waals surface area contributed by atoms with Crippen molar-refractivity contribution in [2.45, 2.75) is 13.8 Å². The van der Waals surface area contributed by atoms with Crippen molar-refractivity contribution in [3.8, 4) is 0 Å². The van der Waals surface area contributed by atoms with Crippen molar-refractivity contribution in [3.63, 3.8) is 0 Å². The van der Waals surface area contributed by atoms with Gasteiger partial charge in [-0.05, 0) is 31.5 Å². The number of rotatable bonds is 2. The molecule has 0 radical (unpaired) electrons. The van der Waals surface area contributed by atoms with Crippen molar-refractivity contribution in [2.24, 2.45) is 0 Å². The Morgan fingerprint density at radius 2 is 1.75 bits per heavy atom. The minimum absolute atomic E-state index is 0.716. The van der Waals surface area contributed by atoms with Crippen LogP contribution in [0.25, 0.3) is 10.9 Å². The lowest BCUT2D eigenvalue weighted by Crippen LogP contribution is -1.95. The molecule has 1 aromatic heterocycles. The Hall–Kier alpha value is -2.06. The number of para-hydroxylation sites is 1. The van der Waals surface area contributed by atoms with Crippen molar-refractivity contribution in [3.05, 3.63) is 64.7 Å². The number of hydrogen-bond donors (Lipinski definition) is 1. The highest BCUT2D eigenvalue weighted by Gasteiger charge is 2.06. The predicted molar refractivity (Wildman–Crippen MR) is 86.0 cm³/mol. The molecule has 2 aromatic carbocycles. The molecule has 3 heteroatoms. The highest BCUT2D eigenvalue weighted by Crippen LogP contribution is 2.28. The number of aryl methyl sites for hydroxylation is 2. The van der Waals surface area contributed by atoms with Gasteiger partial charge in [-0.15, -0.1) is 0 Å². The number of benzene rings is 2. The first-order valence-corrected chi connectivity index (χ1v) is 6.91. The van der Waals surface area contributed by atoms with Crippen LogP contribution in [0, 0.1) is 13.8 Å². The Morgan fingerprint density at radius 3 is 2.50 bits per heavy atom. The summed E-state index contributed by atoms with van der Waals surface area (Å²) in [4.78, 5) is 4.66. The lowest BCUT2D eigenvalue weighted by Gasteiger charge is -2.09. The Labute approximate surface area is 123 Å². The first kappa shape index (κ1) is 12.9. The molecule has 0 atom stereocenters. The van der Waals surface area contributed by atoms with Crippen molar-refractivity contribution in [2.75, 3.05) is 5.32 Å². The maximum absolute atomic E-state index is 6.35. The molecule has 1 heterocycles. The van der Waals surface area contributed by atoms with Gasteiger partial charge in [0.2, 0.25) is 0 Å². The Kier molecular flexibility index (Phi) is 3.33. The molecule has 2 nitrogen and oxygen atoms in total. The highest BCUT2D eigenvalue weighted by molar-refractivity contribution is 6.35. The molecule has 0 amide bonds. The van der Waals surface area contributed by atoms with Crippen LogP contribution in [0.4, 0.5) is 11.5 Å². The number of halogens is 1. The summed E-state index contributed by atoms with van der Waals surface area (Å²) in [6.07, 6.45) is 0. The Balaban J connectivity index is 2.04. The third-order valence-corrected chi connectivity index (χ3v) is 3.63. The molecule has 1 N–H and O–H groups in total. The monoisotopic (exact) mass is 282 g/mol. The number of hydrogen-bond acceptors (Lipinski definition) is 2. The number of aromatic nitrogens is 1. The molecular formula is C17H15ClN2. The van der Waals surface area contributed by atoms with E-state index in [9.17, 15) is 0 Å². The standard InChI is InChI=1S/C17H15ClN2/c1-11-6-8-13(9-7-11)19-16-10-15(18)14-5-3-4-12(2)17(14)20-16/h3-10H,1-2H3,(H,19,20). The fourth-order valence-electron chi connectivity index (χ4n) is 2.20. The molecular weight excluding hydrogens is 268 g/mol. The van der Waals surface area contributed by atoms with Crippen LogP contribution in [0.1, 0.15) is 11.1 Å². The van der Waals surface area contributed by atoms with E-state index in [0.29, 0.717) is 5.02 Å². The molecule has 0 aliphatic rings. The van der Waals surface area contributed by atoms with Gasteiger partial charge in [-0.25, -0.2) is 4.98 Å². The summed E-state index contributed by atoms with van der Waals surface area (Å²) in [6.45, 7) is 4.11. The van der Waals surface area contributed by atoms with E-state index in [1.54, 1.807) is 0 Å². The zero-order chi connectivity index (χ0) is 14.1. The fraction of sp³-hybridized carbons (Fsp3) is 0.118. The van der Waals surface area contributed by atoms with Gasteiger partial charge in [-0.3, -0.25) is 0 Å². The van der Waals surface area contributed by atoms with Crippen molar-refractivity contribution < 1.29 is 0 Å². The number of fused-ring (bicyclic) bond motifs is 1. The van der Waals surface area contributed by atoms with Gasteiger partial charge in [0.05, 0.1) is 10.5 Å². The second-order valence-corrected chi connectivity index (χ2v) is 5.36. The molecule has 0 aliphatic carbocycles. The van der Waals surface area contributed by atoms with E-state index >= 15 is 0 Å². The summed E-state index contributed by atoms with van der Waals surface area (Å²) in [5.74, 6) is 0.764. The van der Waals surface area contributed by atoms with Gasteiger partial charge < -0.3 is 5.32 Å². The SMILES string of the molecule is Cc1ccc(Nc2cc(Cl)c3cccc(C)c3n2)cc1. The lowest BCUT2D eigenvalue weighted by atomic mass is 10.1. The van der Waals surface area contributed by atoms with Crippen LogP contribution in [0.3, 0.4) is 0 Å². The van der Waals surface area contributed by atoms with Gasteiger partial charge in [-0.1, -0.05) is 47.5 Å². The average Bonchev–Trinajstić information content (AvgIpc) is 2.43. The molecule has 0 saturated carbocycles. The van der Waals surface area contributed by atoms with Crippen LogP contribution in [0.15, 0.2) is 48.5 Å². The summed E-state index contributed by atoms with van der Waals surface area (Å²) < 4.78 is 0.